The molecule has 1 aliphatic carbocycles. The molecule has 0 bridgehead atoms. The van der Waals surface area contributed by atoms with Gasteiger partial charge in [-0.25, -0.2) is 13.8 Å². The molecule has 154 valence electrons. The zero-order valence-electron chi connectivity index (χ0n) is 16.0. The summed E-state index contributed by atoms with van der Waals surface area (Å²) >= 11 is 0. The maximum Gasteiger partial charge on any atom is 0.251 e. The van der Waals surface area contributed by atoms with Crippen molar-refractivity contribution in [2.45, 2.75) is 19.8 Å². The fourth-order valence-corrected chi connectivity index (χ4v) is 3.22. The molecule has 0 saturated heterocycles. The number of H-pyrrole nitrogens is 1. The molecule has 0 radical (unpaired) electrons. The number of anilines is 1. The molecule has 0 aliphatic heterocycles. The lowest BCUT2D eigenvalue weighted by atomic mass is 10.00. The molecule has 2 heterocycles. The third kappa shape index (κ3) is 3.54. The van der Waals surface area contributed by atoms with Crippen LogP contribution in [0.15, 0.2) is 30.6 Å². The summed E-state index contributed by atoms with van der Waals surface area (Å²) in [5, 5.41) is 5.52. The predicted molar refractivity (Wildman–Crippen MR) is 105 cm³/mol. The van der Waals surface area contributed by atoms with Gasteiger partial charge in [0.1, 0.15) is 11.6 Å². The van der Waals surface area contributed by atoms with Gasteiger partial charge < -0.3 is 15.6 Å². The number of carbonyl (C=O) groups is 3. The molecule has 2 amide bonds. The van der Waals surface area contributed by atoms with E-state index in [-0.39, 0.29) is 28.8 Å². The van der Waals surface area contributed by atoms with Crippen molar-refractivity contribution in [2.75, 3.05) is 11.9 Å². The van der Waals surface area contributed by atoms with Crippen LogP contribution in [-0.4, -0.2) is 34.1 Å². The third-order valence-electron chi connectivity index (χ3n) is 4.91. The first-order valence-electron chi connectivity index (χ1n) is 9.49. The van der Waals surface area contributed by atoms with Gasteiger partial charge >= 0.3 is 0 Å². The van der Waals surface area contributed by atoms with Gasteiger partial charge in [-0.2, -0.15) is 0 Å². The molecule has 1 saturated carbocycles. The number of hydrogen-bond donors (Lipinski definition) is 3. The Balaban J connectivity index is 1.70. The SMILES string of the molecule is CCNC(=O)c1cc(F)c(C(=O)c2c[nH]c3c(NC(=O)C4CC4)nccc23)c(F)c1. The van der Waals surface area contributed by atoms with E-state index < -0.39 is 28.9 Å². The number of amides is 2. The van der Waals surface area contributed by atoms with Gasteiger partial charge in [0.25, 0.3) is 5.91 Å². The van der Waals surface area contributed by atoms with Crippen molar-refractivity contribution in [1.29, 1.82) is 0 Å². The largest absolute Gasteiger partial charge is 0.357 e. The monoisotopic (exact) mass is 412 g/mol. The Morgan fingerprint density at radius 3 is 2.53 bits per heavy atom. The lowest BCUT2D eigenvalue weighted by molar-refractivity contribution is -0.117. The topological polar surface area (TPSA) is 104 Å². The second-order valence-corrected chi connectivity index (χ2v) is 7.05. The van der Waals surface area contributed by atoms with E-state index in [1.807, 2.05) is 0 Å². The minimum absolute atomic E-state index is 0.0258. The van der Waals surface area contributed by atoms with Crippen LogP contribution in [0.5, 0.6) is 0 Å². The smallest absolute Gasteiger partial charge is 0.251 e. The molecule has 1 fully saturated rings. The highest BCUT2D eigenvalue weighted by Crippen LogP contribution is 2.32. The number of benzene rings is 1. The number of fused-ring (bicyclic) bond motifs is 1. The molecule has 0 atom stereocenters. The van der Waals surface area contributed by atoms with Gasteiger partial charge in [-0.05, 0) is 38.0 Å². The summed E-state index contributed by atoms with van der Waals surface area (Å²) in [5.74, 6) is -3.73. The highest BCUT2D eigenvalue weighted by molar-refractivity contribution is 6.18. The lowest BCUT2D eigenvalue weighted by Crippen LogP contribution is -2.23. The molecule has 30 heavy (non-hydrogen) atoms. The molecule has 4 rings (SSSR count). The van der Waals surface area contributed by atoms with E-state index in [1.165, 1.54) is 18.5 Å². The second kappa shape index (κ2) is 7.66. The van der Waals surface area contributed by atoms with Crippen LogP contribution in [-0.2, 0) is 4.79 Å². The third-order valence-corrected chi connectivity index (χ3v) is 4.91. The van der Waals surface area contributed by atoms with E-state index in [4.69, 9.17) is 0 Å². The normalized spacial score (nSPS) is 13.3. The molecule has 1 aliphatic rings. The number of pyridine rings is 1. The molecular formula is C21H18F2N4O3. The van der Waals surface area contributed by atoms with Crippen LogP contribution in [0.4, 0.5) is 14.6 Å². The predicted octanol–water partition coefficient (Wildman–Crippen LogP) is 3.17. The average molecular weight is 412 g/mol. The Labute approximate surface area is 169 Å². The minimum Gasteiger partial charge on any atom is -0.357 e. The van der Waals surface area contributed by atoms with Gasteiger partial charge in [-0.15, -0.1) is 0 Å². The highest BCUT2D eigenvalue weighted by Gasteiger charge is 2.30. The first kappa shape index (κ1) is 19.7. The molecule has 7 nitrogen and oxygen atoms in total. The summed E-state index contributed by atoms with van der Waals surface area (Å²) in [5.41, 5.74) is -0.562. The van der Waals surface area contributed by atoms with Crippen LogP contribution >= 0.6 is 0 Å². The second-order valence-electron chi connectivity index (χ2n) is 7.05. The Kier molecular flexibility index (Phi) is 5.03. The number of nitrogens with zero attached hydrogens (tertiary/aromatic N) is 1. The number of rotatable bonds is 6. The molecule has 3 aromatic rings. The van der Waals surface area contributed by atoms with E-state index in [0.717, 1.165) is 25.0 Å². The van der Waals surface area contributed by atoms with Gasteiger partial charge in [-0.3, -0.25) is 14.4 Å². The summed E-state index contributed by atoms with van der Waals surface area (Å²) in [6, 6.07) is 3.18. The van der Waals surface area contributed by atoms with Crippen LogP contribution in [0, 0.1) is 17.6 Å². The number of aromatic amines is 1. The van der Waals surface area contributed by atoms with E-state index in [2.05, 4.69) is 20.6 Å². The fourth-order valence-electron chi connectivity index (χ4n) is 3.22. The molecule has 3 N–H and O–H groups in total. The van der Waals surface area contributed by atoms with Crippen molar-refractivity contribution < 1.29 is 23.2 Å². The number of aromatic nitrogens is 2. The summed E-state index contributed by atoms with van der Waals surface area (Å²) in [6.45, 7) is 1.97. The summed E-state index contributed by atoms with van der Waals surface area (Å²) < 4.78 is 29.2. The van der Waals surface area contributed by atoms with Crippen LogP contribution in [0.3, 0.4) is 0 Å². The summed E-state index contributed by atoms with van der Waals surface area (Å²) in [4.78, 5) is 43.8. The quantitative estimate of drug-likeness (QED) is 0.541. The van der Waals surface area contributed by atoms with Crippen LogP contribution in [0.2, 0.25) is 0 Å². The summed E-state index contributed by atoms with van der Waals surface area (Å²) in [7, 11) is 0. The molecular weight excluding hydrogens is 394 g/mol. The van der Waals surface area contributed by atoms with E-state index in [1.54, 1.807) is 6.92 Å². The van der Waals surface area contributed by atoms with E-state index >= 15 is 0 Å². The molecule has 9 heteroatoms. The van der Waals surface area contributed by atoms with Crippen molar-refractivity contribution >= 4 is 34.3 Å². The number of halogens is 2. The van der Waals surface area contributed by atoms with Crippen LogP contribution in [0.25, 0.3) is 10.9 Å². The molecule has 0 spiro atoms. The number of nitrogens with one attached hydrogen (secondary N) is 3. The van der Waals surface area contributed by atoms with Crippen molar-refractivity contribution in [1.82, 2.24) is 15.3 Å². The molecule has 1 aromatic carbocycles. The first-order chi connectivity index (χ1) is 14.4. The Morgan fingerprint density at radius 2 is 1.90 bits per heavy atom. The van der Waals surface area contributed by atoms with Crippen molar-refractivity contribution in [3.8, 4) is 0 Å². The number of carbonyl (C=O) groups excluding carboxylic acids is 3. The Hall–Kier alpha value is -3.62. The zero-order chi connectivity index (χ0) is 21.4. The Morgan fingerprint density at radius 1 is 1.20 bits per heavy atom. The minimum atomic E-state index is -1.13. The zero-order valence-corrected chi connectivity index (χ0v) is 16.0. The van der Waals surface area contributed by atoms with Gasteiger partial charge in [0.15, 0.2) is 5.82 Å². The van der Waals surface area contributed by atoms with Crippen molar-refractivity contribution in [3.63, 3.8) is 0 Å². The maximum absolute atomic E-state index is 14.6. The van der Waals surface area contributed by atoms with Gasteiger partial charge in [0.2, 0.25) is 11.7 Å². The average Bonchev–Trinajstić information content (AvgIpc) is 3.47. The van der Waals surface area contributed by atoms with Crippen LogP contribution < -0.4 is 10.6 Å². The van der Waals surface area contributed by atoms with Crippen molar-refractivity contribution in [2.24, 2.45) is 5.92 Å². The highest BCUT2D eigenvalue weighted by atomic mass is 19.1. The van der Waals surface area contributed by atoms with Gasteiger partial charge in [0, 0.05) is 41.4 Å². The number of hydrogen-bond acceptors (Lipinski definition) is 4. The maximum atomic E-state index is 14.6. The first-order valence-corrected chi connectivity index (χ1v) is 9.49. The fraction of sp³-hybridized carbons (Fsp3) is 0.238. The lowest BCUT2D eigenvalue weighted by Gasteiger charge is -2.08. The van der Waals surface area contributed by atoms with Gasteiger partial charge in [0.05, 0.1) is 11.1 Å². The molecule has 0 unspecified atom stereocenters. The van der Waals surface area contributed by atoms with Crippen LogP contribution in [0.1, 0.15) is 46.0 Å². The number of ketones is 1. The Bertz CT molecular complexity index is 1160. The van der Waals surface area contributed by atoms with E-state index in [9.17, 15) is 23.2 Å². The van der Waals surface area contributed by atoms with Crippen molar-refractivity contribution in [3.05, 3.63) is 58.9 Å². The van der Waals surface area contributed by atoms with Gasteiger partial charge in [-0.1, -0.05) is 0 Å². The van der Waals surface area contributed by atoms with E-state index in [0.29, 0.717) is 17.4 Å². The molecule has 2 aromatic heterocycles. The standard InChI is InChI=1S/C21H18F2N4O3/c1-2-24-20(29)11-7-14(22)16(15(23)8-11)18(28)13-9-26-17-12(13)5-6-25-19(17)27-21(30)10-3-4-10/h5-10,26H,2-4H2,1H3,(H,24,29)(H,25,27,30). The summed E-state index contributed by atoms with van der Waals surface area (Å²) in [6.07, 6.45) is 4.36.